The topological polar surface area (TPSA) is 58.4 Å². The van der Waals surface area contributed by atoms with Gasteiger partial charge in [0.2, 0.25) is 5.91 Å². The van der Waals surface area contributed by atoms with Gasteiger partial charge in [-0.15, -0.1) is 0 Å². The summed E-state index contributed by atoms with van der Waals surface area (Å²) in [5, 5.41) is 3.07. The van der Waals surface area contributed by atoms with Gasteiger partial charge in [-0.2, -0.15) is 0 Å². The predicted octanol–water partition coefficient (Wildman–Crippen LogP) is 1.99. The number of carbonyl (C=O) groups is 1. The Balaban J connectivity index is 2.17. The fraction of sp³-hybridized carbons (Fsp3) is 0.938. The lowest BCUT2D eigenvalue weighted by Crippen LogP contribution is -2.47. The molecule has 4 heteroatoms. The number of hydrogen-bond donors (Lipinski definition) is 2. The first-order valence-corrected chi connectivity index (χ1v) is 8.17. The van der Waals surface area contributed by atoms with Gasteiger partial charge < -0.3 is 16.0 Å². The summed E-state index contributed by atoms with van der Waals surface area (Å²) in [7, 11) is 2.14. The Labute approximate surface area is 124 Å². The van der Waals surface area contributed by atoms with Crippen LogP contribution in [0.15, 0.2) is 0 Å². The van der Waals surface area contributed by atoms with E-state index in [0.717, 1.165) is 45.2 Å². The van der Waals surface area contributed by atoms with Crippen LogP contribution in [-0.2, 0) is 4.79 Å². The van der Waals surface area contributed by atoms with Crippen molar-refractivity contribution in [3.63, 3.8) is 0 Å². The zero-order valence-electron chi connectivity index (χ0n) is 13.7. The lowest BCUT2D eigenvalue weighted by atomic mass is 9.78. The number of carbonyl (C=O) groups excluding carboxylic acids is 1. The molecule has 3 unspecified atom stereocenters. The standard InChI is InChI=1S/C16H33N3O/c1-12(2)19(4)11-6-5-10-18-16(20)14-9-7-8-13(3)15(14)17/h12-15H,5-11,17H2,1-4H3,(H,18,20). The van der Waals surface area contributed by atoms with Crippen LogP contribution in [0.2, 0.25) is 0 Å². The van der Waals surface area contributed by atoms with Crippen molar-refractivity contribution >= 4 is 5.91 Å². The molecule has 0 aromatic heterocycles. The van der Waals surface area contributed by atoms with Crippen molar-refractivity contribution in [2.24, 2.45) is 17.6 Å². The number of nitrogens with two attached hydrogens (primary N) is 1. The molecule has 0 aliphatic heterocycles. The molecular weight excluding hydrogens is 250 g/mol. The molecule has 3 atom stereocenters. The largest absolute Gasteiger partial charge is 0.356 e. The van der Waals surface area contributed by atoms with Crippen LogP contribution in [0.25, 0.3) is 0 Å². The van der Waals surface area contributed by atoms with Crippen molar-refractivity contribution in [2.75, 3.05) is 20.1 Å². The minimum absolute atomic E-state index is 0.0251. The Bertz CT molecular complexity index is 293. The maximum atomic E-state index is 12.2. The van der Waals surface area contributed by atoms with Gasteiger partial charge in [0.25, 0.3) is 0 Å². The molecule has 4 nitrogen and oxygen atoms in total. The summed E-state index contributed by atoms with van der Waals surface area (Å²) in [6.07, 6.45) is 5.41. The van der Waals surface area contributed by atoms with E-state index in [1.54, 1.807) is 0 Å². The van der Waals surface area contributed by atoms with E-state index in [-0.39, 0.29) is 17.9 Å². The van der Waals surface area contributed by atoms with E-state index in [1.165, 1.54) is 0 Å². The van der Waals surface area contributed by atoms with Crippen LogP contribution < -0.4 is 11.1 Å². The van der Waals surface area contributed by atoms with Crippen LogP contribution in [0.5, 0.6) is 0 Å². The molecule has 1 rings (SSSR count). The molecule has 1 amide bonds. The fourth-order valence-electron chi connectivity index (χ4n) is 2.83. The van der Waals surface area contributed by atoms with Crippen molar-refractivity contribution in [1.82, 2.24) is 10.2 Å². The Morgan fingerprint density at radius 1 is 1.35 bits per heavy atom. The SMILES string of the molecule is CC1CCCC(C(=O)NCCCCN(C)C(C)C)C1N. The van der Waals surface area contributed by atoms with E-state index in [4.69, 9.17) is 5.73 Å². The Morgan fingerprint density at radius 2 is 2.05 bits per heavy atom. The van der Waals surface area contributed by atoms with Crippen molar-refractivity contribution in [2.45, 2.75) is 65.0 Å². The third kappa shape index (κ3) is 5.41. The smallest absolute Gasteiger partial charge is 0.224 e. The van der Waals surface area contributed by atoms with Gasteiger partial charge in [-0.05, 0) is 59.0 Å². The number of nitrogens with zero attached hydrogens (tertiary/aromatic N) is 1. The lowest BCUT2D eigenvalue weighted by molar-refractivity contribution is -0.127. The minimum Gasteiger partial charge on any atom is -0.356 e. The van der Waals surface area contributed by atoms with Crippen LogP contribution in [0.3, 0.4) is 0 Å². The molecule has 1 saturated carbocycles. The van der Waals surface area contributed by atoms with Crippen molar-refractivity contribution in [3.8, 4) is 0 Å². The molecule has 1 aliphatic carbocycles. The van der Waals surface area contributed by atoms with E-state index in [2.05, 4.69) is 38.0 Å². The van der Waals surface area contributed by atoms with E-state index in [9.17, 15) is 4.79 Å². The number of hydrogen-bond acceptors (Lipinski definition) is 3. The highest BCUT2D eigenvalue weighted by molar-refractivity contribution is 5.79. The van der Waals surface area contributed by atoms with Gasteiger partial charge >= 0.3 is 0 Å². The Morgan fingerprint density at radius 3 is 2.70 bits per heavy atom. The summed E-state index contributed by atoms with van der Waals surface area (Å²) < 4.78 is 0. The van der Waals surface area contributed by atoms with E-state index < -0.39 is 0 Å². The van der Waals surface area contributed by atoms with Gasteiger partial charge in [0.15, 0.2) is 0 Å². The molecular formula is C16H33N3O. The third-order valence-corrected chi connectivity index (χ3v) is 4.75. The number of unbranched alkanes of at least 4 members (excludes halogenated alkanes) is 1. The first-order chi connectivity index (χ1) is 9.43. The Kier molecular flexibility index (Phi) is 7.52. The molecule has 0 radical (unpaired) electrons. The first-order valence-electron chi connectivity index (χ1n) is 8.17. The minimum atomic E-state index is 0.0251. The monoisotopic (exact) mass is 283 g/mol. The van der Waals surface area contributed by atoms with Crippen LogP contribution >= 0.6 is 0 Å². The molecule has 118 valence electrons. The first kappa shape index (κ1) is 17.4. The second-order valence-electron chi connectivity index (χ2n) is 6.66. The van der Waals surface area contributed by atoms with Gasteiger partial charge in [-0.25, -0.2) is 0 Å². The number of nitrogens with one attached hydrogen (secondary N) is 1. The second-order valence-corrected chi connectivity index (χ2v) is 6.66. The van der Waals surface area contributed by atoms with Crippen LogP contribution in [0.1, 0.15) is 52.9 Å². The van der Waals surface area contributed by atoms with Gasteiger partial charge in [0.05, 0.1) is 5.92 Å². The van der Waals surface area contributed by atoms with E-state index in [1.807, 2.05) is 0 Å². The Hall–Kier alpha value is -0.610. The highest BCUT2D eigenvalue weighted by Crippen LogP contribution is 2.27. The fourth-order valence-corrected chi connectivity index (χ4v) is 2.83. The number of rotatable bonds is 7. The second kappa shape index (κ2) is 8.63. The average Bonchev–Trinajstić information content (AvgIpc) is 2.40. The molecule has 0 aromatic rings. The molecule has 0 saturated heterocycles. The maximum absolute atomic E-state index is 12.2. The summed E-state index contributed by atoms with van der Waals surface area (Å²) in [5.41, 5.74) is 6.16. The molecule has 1 fully saturated rings. The van der Waals surface area contributed by atoms with Crippen molar-refractivity contribution in [1.29, 1.82) is 0 Å². The van der Waals surface area contributed by atoms with Gasteiger partial charge in [0, 0.05) is 18.6 Å². The summed E-state index contributed by atoms with van der Waals surface area (Å²) in [6.45, 7) is 8.43. The average molecular weight is 283 g/mol. The molecule has 0 heterocycles. The molecule has 1 aliphatic rings. The van der Waals surface area contributed by atoms with Gasteiger partial charge in [-0.3, -0.25) is 4.79 Å². The van der Waals surface area contributed by atoms with E-state index >= 15 is 0 Å². The summed E-state index contributed by atoms with van der Waals surface area (Å²) in [5.74, 6) is 0.664. The number of amides is 1. The lowest BCUT2D eigenvalue weighted by Gasteiger charge is -2.32. The van der Waals surface area contributed by atoms with Crippen molar-refractivity contribution in [3.05, 3.63) is 0 Å². The highest BCUT2D eigenvalue weighted by atomic mass is 16.1. The molecule has 20 heavy (non-hydrogen) atoms. The zero-order chi connectivity index (χ0) is 15.1. The van der Waals surface area contributed by atoms with Crippen LogP contribution in [0, 0.1) is 11.8 Å². The molecule has 3 N–H and O–H groups in total. The summed E-state index contributed by atoms with van der Waals surface area (Å²) in [4.78, 5) is 14.5. The normalized spacial score (nSPS) is 27.1. The molecule has 0 spiro atoms. The quantitative estimate of drug-likeness (QED) is 0.703. The third-order valence-electron chi connectivity index (χ3n) is 4.75. The van der Waals surface area contributed by atoms with Crippen molar-refractivity contribution < 1.29 is 4.79 Å². The predicted molar refractivity (Wildman–Crippen MR) is 84.5 cm³/mol. The molecule has 0 aromatic carbocycles. The molecule has 0 bridgehead atoms. The van der Waals surface area contributed by atoms with Gasteiger partial charge in [0.1, 0.15) is 0 Å². The van der Waals surface area contributed by atoms with Crippen LogP contribution in [0.4, 0.5) is 0 Å². The van der Waals surface area contributed by atoms with E-state index in [0.29, 0.717) is 12.0 Å². The maximum Gasteiger partial charge on any atom is 0.224 e. The highest BCUT2D eigenvalue weighted by Gasteiger charge is 2.32. The summed E-state index contributed by atoms with van der Waals surface area (Å²) in [6, 6.07) is 0.627. The van der Waals surface area contributed by atoms with Gasteiger partial charge in [-0.1, -0.05) is 13.3 Å². The summed E-state index contributed by atoms with van der Waals surface area (Å²) >= 11 is 0. The van der Waals surface area contributed by atoms with Crippen LogP contribution in [-0.4, -0.2) is 43.0 Å². The zero-order valence-corrected chi connectivity index (χ0v) is 13.7.